The highest BCUT2D eigenvalue weighted by atomic mass is 32.1. The summed E-state index contributed by atoms with van der Waals surface area (Å²) in [5.41, 5.74) is 0.884. The van der Waals surface area contributed by atoms with Gasteiger partial charge in [0.15, 0.2) is 0 Å². The van der Waals surface area contributed by atoms with Crippen molar-refractivity contribution in [2.45, 2.75) is 50.7 Å². The van der Waals surface area contributed by atoms with E-state index in [4.69, 9.17) is 5.11 Å². The second-order valence-electron chi connectivity index (χ2n) is 7.78. The predicted molar refractivity (Wildman–Crippen MR) is 130 cm³/mol. The first-order valence-electron chi connectivity index (χ1n) is 11.2. The highest BCUT2D eigenvalue weighted by Gasteiger charge is 2.29. The summed E-state index contributed by atoms with van der Waals surface area (Å²) in [6.45, 7) is 1.13. The fourth-order valence-electron chi connectivity index (χ4n) is 3.41. The van der Waals surface area contributed by atoms with Crippen molar-refractivity contribution >= 4 is 35.0 Å². The summed E-state index contributed by atoms with van der Waals surface area (Å²) in [4.78, 5) is 51.1. The Hall–Kier alpha value is -3.24. The highest BCUT2D eigenvalue weighted by molar-refractivity contribution is 7.09. The van der Waals surface area contributed by atoms with Crippen molar-refractivity contribution in [1.82, 2.24) is 21.3 Å². The molecule has 0 radical (unpaired) electrons. The van der Waals surface area contributed by atoms with E-state index in [1.165, 1.54) is 18.4 Å². The van der Waals surface area contributed by atoms with Crippen molar-refractivity contribution < 1.29 is 24.3 Å². The van der Waals surface area contributed by atoms with E-state index in [1.54, 1.807) is 0 Å². The number of benzene rings is 1. The second-order valence-corrected chi connectivity index (χ2v) is 8.81. The molecule has 0 fully saturated rings. The molecule has 9 nitrogen and oxygen atoms in total. The van der Waals surface area contributed by atoms with Gasteiger partial charge in [-0.05, 0) is 23.4 Å². The lowest BCUT2D eigenvalue weighted by Gasteiger charge is -2.25. The van der Waals surface area contributed by atoms with Gasteiger partial charge in [0, 0.05) is 24.8 Å². The topological polar surface area (TPSA) is 137 Å². The van der Waals surface area contributed by atoms with Crippen LogP contribution in [0.15, 0.2) is 47.8 Å². The van der Waals surface area contributed by atoms with Gasteiger partial charge in [0.2, 0.25) is 23.6 Å². The molecule has 1 aromatic carbocycles. The van der Waals surface area contributed by atoms with Crippen LogP contribution in [0.2, 0.25) is 0 Å². The van der Waals surface area contributed by atoms with Crippen LogP contribution in [0.3, 0.4) is 0 Å². The van der Waals surface area contributed by atoms with Gasteiger partial charge < -0.3 is 26.4 Å². The normalized spacial score (nSPS) is 13.3. The maximum Gasteiger partial charge on any atom is 0.246 e. The van der Waals surface area contributed by atoms with Crippen molar-refractivity contribution in [2.24, 2.45) is 0 Å². The minimum absolute atomic E-state index is 0.227. The molecule has 0 saturated carbocycles. The summed E-state index contributed by atoms with van der Waals surface area (Å²) in [6.07, 6.45) is 1.49. The molecular formula is C24H32N4O5S. The molecule has 4 amide bonds. The lowest BCUT2D eigenvalue weighted by atomic mass is 10.0. The smallest absolute Gasteiger partial charge is 0.246 e. The van der Waals surface area contributed by atoms with Crippen LogP contribution in [0.5, 0.6) is 0 Å². The Kier molecular flexibility index (Phi) is 11.2. The number of aliphatic hydroxyl groups is 1. The summed E-state index contributed by atoms with van der Waals surface area (Å²) < 4.78 is 0. The Morgan fingerprint density at radius 1 is 0.853 bits per heavy atom. The van der Waals surface area contributed by atoms with E-state index in [1.807, 2.05) is 54.8 Å². The number of aliphatic hydroxyl groups excluding tert-OH is 1. The maximum absolute atomic E-state index is 13.1. The van der Waals surface area contributed by atoms with Gasteiger partial charge in [-0.1, -0.05) is 49.7 Å². The van der Waals surface area contributed by atoms with Crippen molar-refractivity contribution in [3.05, 3.63) is 58.3 Å². The van der Waals surface area contributed by atoms with Crippen LogP contribution in [-0.2, 0) is 32.0 Å². The molecule has 0 aliphatic carbocycles. The number of hydrogen-bond donors (Lipinski definition) is 5. The number of nitrogens with one attached hydrogen (secondary N) is 4. The minimum atomic E-state index is -0.954. The van der Waals surface area contributed by atoms with Crippen LogP contribution in [0.4, 0.5) is 0 Å². The van der Waals surface area contributed by atoms with E-state index >= 15 is 0 Å². The number of likely N-dealkylation sites (N-methyl/N-ethyl adjacent to an activating group) is 1. The molecule has 34 heavy (non-hydrogen) atoms. The molecule has 0 aliphatic rings. The van der Waals surface area contributed by atoms with Gasteiger partial charge in [-0.25, -0.2) is 0 Å². The number of carbonyl (C=O) groups is 4. The van der Waals surface area contributed by atoms with Crippen LogP contribution in [0.1, 0.15) is 30.2 Å². The summed E-state index contributed by atoms with van der Waals surface area (Å²) >= 11 is 1.44. The molecule has 1 heterocycles. The zero-order valence-corrected chi connectivity index (χ0v) is 20.2. The van der Waals surface area contributed by atoms with Crippen LogP contribution in [-0.4, -0.2) is 60.5 Å². The molecule has 0 bridgehead atoms. The lowest BCUT2D eigenvalue weighted by molar-refractivity contribution is -0.134. The Labute approximate surface area is 203 Å². The van der Waals surface area contributed by atoms with Crippen molar-refractivity contribution in [1.29, 1.82) is 0 Å². The number of rotatable bonds is 13. The third kappa shape index (κ3) is 8.60. The number of hydrogen-bond acceptors (Lipinski definition) is 6. The molecule has 0 saturated heterocycles. The van der Waals surface area contributed by atoms with Gasteiger partial charge in [-0.3, -0.25) is 19.2 Å². The van der Waals surface area contributed by atoms with E-state index < -0.39 is 42.5 Å². The third-order valence-corrected chi connectivity index (χ3v) is 6.05. The molecule has 1 aromatic heterocycles. The van der Waals surface area contributed by atoms with Gasteiger partial charge in [-0.2, -0.15) is 0 Å². The first-order valence-corrected chi connectivity index (χ1v) is 12.0. The Morgan fingerprint density at radius 3 is 2.09 bits per heavy atom. The number of carbonyl (C=O) groups excluding carboxylic acids is 4. The predicted octanol–water partition coefficient (Wildman–Crippen LogP) is 0.526. The highest BCUT2D eigenvalue weighted by Crippen LogP contribution is 2.12. The Morgan fingerprint density at radius 2 is 1.50 bits per heavy atom. The molecule has 0 spiro atoms. The first-order chi connectivity index (χ1) is 16.4. The van der Waals surface area contributed by atoms with E-state index in [-0.39, 0.29) is 12.3 Å². The number of thiophene rings is 1. The van der Waals surface area contributed by atoms with Crippen LogP contribution in [0.25, 0.3) is 0 Å². The number of amides is 4. The zero-order chi connectivity index (χ0) is 24.9. The van der Waals surface area contributed by atoms with Gasteiger partial charge in [0.25, 0.3) is 0 Å². The Bertz CT molecular complexity index is 936. The summed E-state index contributed by atoms with van der Waals surface area (Å²) in [5, 5.41) is 21.5. The van der Waals surface area contributed by atoms with Crippen molar-refractivity contribution in [3.8, 4) is 0 Å². The summed E-state index contributed by atoms with van der Waals surface area (Å²) in [6, 6.07) is 10.3. The second kappa shape index (κ2) is 14.1. The molecule has 2 aromatic rings. The molecule has 10 heteroatoms. The Balaban J connectivity index is 2.12. The lowest BCUT2D eigenvalue weighted by Crippen LogP contribution is -2.57. The fraction of sp³-hybridized carbons (Fsp3) is 0.417. The van der Waals surface area contributed by atoms with E-state index in [9.17, 15) is 19.2 Å². The van der Waals surface area contributed by atoms with Gasteiger partial charge in [0.1, 0.15) is 24.7 Å². The van der Waals surface area contributed by atoms with Crippen LogP contribution >= 0.6 is 11.3 Å². The fourth-order valence-corrected chi connectivity index (χ4v) is 4.17. The summed E-state index contributed by atoms with van der Waals surface area (Å²) in [5.74, 6) is -2.05. The molecule has 5 N–H and O–H groups in total. The van der Waals surface area contributed by atoms with E-state index in [0.717, 1.165) is 10.4 Å². The molecule has 3 atom stereocenters. The molecular weight excluding hydrogens is 456 g/mol. The van der Waals surface area contributed by atoms with Crippen molar-refractivity contribution in [3.63, 3.8) is 0 Å². The molecule has 184 valence electrons. The average molecular weight is 489 g/mol. The molecule has 0 unspecified atom stereocenters. The molecule has 2 rings (SSSR count). The summed E-state index contributed by atoms with van der Waals surface area (Å²) in [7, 11) is 1.50. The quantitative estimate of drug-likeness (QED) is 0.280. The van der Waals surface area contributed by atoms with Crippen molar-refractivity contribution in [2.75, 3.05) is 13.7 Å². The monoisotopic (exact) mass is 488 g/mol. The van der Waals surface area contributed by atoms with E-state index in [0.29, 0.717) is 19.3 Å². The largest absolute Gasteiger partial charge is 0.387 e. The van der Waals surface area contributed by atoms with Gasteiger partial charge >= 0.3 is 0 Å². The van der Waals surface area contributed by atoms with Gasteiger partial charge in [0.05, 0.1) is 0 Å². The standard InChI is InChI=1S/C24H32N4O5S/c1-3-8-18(23(32)28-19(22(31)25-2)13-16-9-5-4-6-10-16)27-24(33)20(26-21(30)15-29)14-17-11-7-12-34-17/h4-7,9-12,18-20,29H,3,8,13-15H2,1-2H3,(H,25,31)(H,26,30)(H,27,33)(H,28,32)/t18-,19-,20-/m0/s1. The van der Waals surface area contributed by atoms with Crippen LogP contribution < -0.4 is 21.3 Å². The SMILES string of the molecule is CCC[C@H](NC(=O)[C@H](Cc1cccs1)NC(=O)CO)C(=O)N[C@@H](Cc1ccccc1)C(=O)NC. The van der Waals surface area contributed by atoms with Gasteiger partial charge in [-0.15, -0.1) is 11.3 Å². The zero-order valence-electron chi connectivity index (χ0n) is 19.4. The van der Waals surface area contributed by atoms with E-state index in [2.05, 4.69) is 21.3 Å². The van der Waals surface area contributed by atoms with Crippen LogP contribution in [0, 0.1) is 0 Å². The first kappa shape index (κ1) is 27.0. The minimum Gasteiger partial charge on any atom is -0.387 e. The average Bonchev–Trinajstić information content (AvgIpc) is 3.36. The molecule has 0 aliphatic heterocycles. The third-order valence-electron chi connectivity index (χ3n) is 5.15. The maximum atomic E-state index is 13.1.